The molecule has 1 heterocycles. The molecule has 0 atom stereocenters. The van der Waals surface area contributed by atoms with Crippen molar-refractivity contribution in [2.75, 3.05) is 0 Å². The highest BCUT2D eigenvalue weighted by Gasteiger charge is 2.11. The summed E-state index contributed by atoms with van der Waals surface area (Å²) in [4.78, 5) is 29.0. The van der Waals surface area contributed by atoms with Crippen LogP contribution in [0.5, 0.6) is 0 Å². The van der Waals surface area contributed by atoms with E-state index in [0.717, 1.165) is 26.0 Å². The zero-order valence-corrected chi connectivity index (χ0v) is 15.3. The number of rotatable bonds is 4. The van der Waals surface area contributed by atoms with Crippen LogP contribution in [0, 0.1) is 0 Å². The topological polar surface area (TPSA) is 71.1 Å². The van der Waals surface area contributed by atoms with Gasteiger partial charge >= 0.3 is 0 Å². The molecular formula is C21H17N3O2S. The number of para-hydroxylation sites is 1. The summed E-state index contributed by atoms with van der Waals surface area (Å²) in [5, 5.41) is 2.74. The lowest BCUT2D eigenvalue weighted by atomic mass is 10.0. The summed E-state index contributed by atoms with van der Waals surface area (Å²) in [6.45, 7) is 0. The molecule has 4 rings (SSSR count). The normalized spacial score (nSPS) is 10.8. The van der Waals surface area contributed by atoms with Crippen molar-refractivity contribution < 1.29 is 9.59 Å². The molecule has 0 unspecified atom stereocenters. The SMILES string of the molecule is O=C(CCc1nc2ccccc2s1)NNC(=O)c1cccc2ccccc12. The molecule has 0 fully saturated rings. The average molecular weight is 375 g/mol. The molecule has 0 aliphatic rings. The maximum Gasteiger partial charge on any atom is 0.270 e. The first-order valence-electron chi connectivity index (χ1n) is 8.62. The van der Waals surface area contributed by atoms with E-state index in [1.807, 2.05) is 60.7 Å². The number of aromatic nitrogens is 1. The third-order valence-electron chi connectivity index (χ3n) is 4.25. The number of nitrogens with one attached hydrogen (secondary N) is 2. The number of amides is 2. The zero-order valence-electron chi connectivity index (χ0n) is 14.4. The van der Waals surface area contributed by atoms with Gasteiger partial charge in [-0.3, -0.25) is 20.4 Å². The van der Waals surface area contributed by atoms with Crippen LogP contribution in [0.1, 0.15) is 21.8 Å². The Morgan fingerprint density at radius 3 is 2.56 bits per heavy atom. The minimum absolute atomic E-state index is 0.247. The van der Waals surface area contributed by atoms with Gasteiger partial charge in [0.2, 0.25) is 5.91 Å². The molecule has 2 N–H and O–H groups in total. The van der Waals surface area contributed by atoms with E-state index in [1.54, 1.807) is 17.4 Å². The van der Waals surface area contributed by atoms with Crippen molar-refractivity contribution in [1.29, 1.82) is 0 Å². The summed E-state index contributed by atoms with van der Waals surface area (Å²) in [5.41, 5.74) is 6.46. The first-order chi connectivity index (χ1) is 13.2. The van der Waals surface area contributed by atoms with E-state index in [1.165, 1.54) is 0 Å². The molecule has 0 aliphatic carbocycles. The smallest absolute Gasteiger partial charge is 0.270 e. The number of hydrogen-bond donors (Lipinski definition) is 2. The highest BCUT2D eigenvalue weighted by atomic mass is 32.1. The van der Waals surface area contributed by atoms with E-state index >= 15 is 0 Å². The fourth-order valence-corrected chi connectivity index (χ4v) is 3.89. The van der Waals surface area contributed by atoms with Crippen LogP contribution < -0.4 is 10.9 Å². The van der Waals surface area contributed by atoms with E-state index in [9.17, 15) is 9.59 Å². The first-order valence-corrected chi connectivity index (χ1v) is 9.44. The lowest BCUT2D eigenvalue weighted by Gasteiger charge is -2.09. The van der Waals surface area contributed by atoms with Crippen LogP contribution >= 0.6 is 11.3 Å². The van der Waals surface area contributed by atoms with E-state index in [4.69, 9.17) is 0 Å². The van der Waals surface area contributed by atoms with Crippen LogP contribution in [-0.2, 0) is 11.2 Å². The Kier molecular flexibility index (Phi) is 4.80. The van der Waals surface area contributed by atoms with E-state index in [-0.39, 0.29) is 18.2 Å². The molecule has 0 saturated heterocycles. The minimum Gasteiger partial charge on any atom is -0.273 e. The van der Waals surface area contributed by atoms with E-state index < -0.39 is 0 Å². The van der Waals surface area contributed by atoms with Crippen LogP contribution in [-0.4, -0.2) is 16.8 Å². The maximum absolute atomic E-state index is 12.4. The number of carbonyl (C=O) groups excluding carboxylic acids is 2. The quantitative estimate of drug-likeness (QED) is 0.532. The Hall–Kier alpha value is -3.25. The lowest BCUT2D eigenvalue weighted by molar-refractivity contribution is -0.121. The highest BCUT2D eigenvalue weighted by Crippen LogP contribution is 2.22. The van der Waals surface area contributed by atoms with Crippen molar-refractivity contribution in [1.82, 2.24) is 15.8 Å². The summed E-state index contributed by atoms with van der Waals surface area (Å²) in [6, 6.07) is 21.0. The average Bonchev–Trinajstić information content (AvgIpc) is 3.13. The van der Waals surface area contributed by atoms with Crippen molar-refractivity contribution in [3.63, 3.8) is 0 Å². The van der Waals surface area contributed by atoms with Gasteiger partial charge in [0.25, 0.3) is 5.91 Å². The number of aryl methyl sites for hydroxylation is 1. The van der Waals surface area contributed by atoms with Gasteiger partial charge in [-0.15, -0.1) is 11.3 Å². The molecule has 0 aliphatic heterocycles. The molecule has 3 aromatic carbocycles. The molecule has 2 amide bonds. The van der Waals surface area contributed by atoms with Gasteiger partial charge in [-0.2, -0.15) is 0 Å². The second-order valence-corrected chi connectivity index (χ2v) is 7.22. The summed E-state index contributed by atoms with van der Waals surface area (Å²) < 4.78 is 1.11. The Morgan fingerprint density at radius 1 is 0.889 bits per heavy atom. The van der Waals surface area contributed by atoms with Crippen molar-refractivity contribution in [2.24, 2.45) is 0 Å². The van der Waals surface area contributed by atoms with Gasteiger partial charge in [-0.05, 0) is 29.0 Å². The molecule has 0 saturated carbocycles. The predicted octanol–water partition coefficient (Wildman–Crippen LogP) is 3.84. The van der Waals surface area contributed by atoms with Crippen LogP contribution in [0.2, 0.25) is 0 Å². The van der Waals surface area contributed by atoms with Crippen LogP contribution in [0.25, 0.3) is 21.0 Å². The Bertz CT molecular complexity index is 1100. The monoisotopic (exact) mass is 375 g/mol. The van der Waals surface area contributed by atoms with Gasteiger partial charge < -0.3 is 0 Å². The highest BCUT2D eigenvalue weighted by molar-refractivity contribution is 7.18. The van der Waals surface area contributed by atoms with Crippen LogP contribution in [0.3, 0.4) is 0 Å². The molecule has 6 heteroatoms. The Labute approximate surface area is 160 Å². The second kappa shape index (κ2) is 7.55. The molecule has 0 spiro atoms. The number of thiazole rings is 1. The van der Waals surface area contributed by atoms with Crippen LogP contribution in [0.4, 0.5) is 0 Å². The number of fused-ring (bicyclic) bond motifs is 2. The van der Waals surface area contributed by atoms with E-state index in [2.05, 4.69) is 15.8 Å². The van der Waals surface area contributed by atoms with E-state index in [0.29, 0.717) is 12.0 Å². The van der Waals surface area contributed by atoms with Crippen molar-refractivity contribution in [3.05, 3.63) is 77.3 Å². The molecule has 5 nitrogen and oxygen atoms in total. The van der Waals surface area contributed by atoms with Crippen LogP contribution in [0.15, 0.2) is 66.7 Å². The van der Waals surface area contributed by atoms with Gasteiger partial charge in [0, 0.05) is 18.4 Å². The molecule has 1 aromatic heterocycles. The molecule has 0 bridgehead atoms. The molecule has 134 valence electrons. The number of hydrogen-bond acceptors (Lipinski definition) is 4. The van der Waals surface area contributed by atoms with Gasteiger partial charge in [0.15, 0.2) is 0 Å². The number of carbonyl (C=O) groups is 2. The maximum atomic E-state index is 12.4. The van der Waals surface area contributed by atoms with Gasteiger partial charge in [0.05, 0.1) is 15.2 Å². The van der Waals surface area contributed by atoms with Crippen molar-refractivity contribution >= 4 is 44.1 Å². The number of nitrogens with zero attached hydrogens (tertiary/aromatic N) is 1. The predicted molar refractivity (Wildman–Crippen MR) is 107 cm³/mol. The fourth-order valence-electron chi connectivity index (χ4n) is 2.93. The third kappa shape index (κ3) is 3.80. The molecular weight excluding hydrogens is 358 g/mol. The second-order valence-electron chi connectivity index (χ2n) is 6.10. The minimum atomic E-state index is -0.333. The van der Waals surface area contributed by atoms with Gasteiger partial charge in [-0.1, -0.05) is 48.5 Å². The summed E-state index contributed by atoms with van der Waals surface area (Å²) >= 11 is 1.58. The van der Waals surface area contributed by atoms with Gasteiger partial charge in [-0.25, -0.2) is 4.98 Å². The van der Waals surface area contributed by atoms with Crippen molar-refractivity contribution in [3.8, 4) is 0 Å². The standard InChI is InChI=1S/C21H17N3O2S/c25-19(12-13-20-22-17-10-3-4-11-18(17)27-20)23-24-21(26)16-9-5-7-14-6-1-2-8-15(14)16/h1-11H,12-13H2,(H,23,25)(H,24,26). The lowest BCUT2D eigenvalue weighted by Crippen LogP contribution is -2.41. The molecule has 0 radical (unpaired) electrons. The largest absolute Gasteiger partial charge is 0.273 e. The van der Waals surface area contributed by atoms with Gasteiger partial charge in [0.1, 0.15) is 0 Å². The Morgan fingerprint density at radius 2 is 1.67 bits per heavy atom. The molecule has 4 aromatic rings. The molecule has 27 heavy (non-hydrogen) atoms. The first kappa shape index (κ1) is 17.2. The van der Waals surface area contributed by atoms with Crippen molar-refractivity contribution in [2.45, 2.75) is 12.8 Å². The summed E-state index contributed by atoms with van der Waals surface area (Å²) in [6.07, 6.45) is 0.797. The zero-order chi connectivity index (χ0) is 18.6. The summed E-state index contributed by atoms with van der Waals surface area (Å²) in [7, 11) is 0. The number of benzene rings is 3. The Balaban J connectivity index is 1.35. The fraction of sp³-hybridized carbons (Fsp3) is 0.0952. The third-order valence-corrected chi connectivity index (χ3v) is 5.35. The summed E-state index contributed by atoms with van der Waals surface area (Å²) in [5.74, 6) is -0.581. The number of hydrazine groups is 1.